The largest absolute Gasteiger partial charge is 0.497 e. The minimum Gasteiger partial charge on any atom is -0.497 e. The van der Waals surface area contributed by atoms with Gasteiger partial charge in [-0.05, 0) is 31.1 Å². The van der Waals surface area contributed by atoms with Crippen molar-refractivity contribution in [1.29, 1.82) is 0 Å². The maximum absolute atomic E-state index is 13.1. The molecule has 1 fully saturated rings. The summed E-state index contributed by atoms with van der Waals surface area (Å²) in [6.45, 7) is 0. The fraction of sp³-hybridized carbons (Fsp3) is 0.474. The number of allylic oxidation sites excluding steroid dienone is 1. The molecule has 27 heavy (non-hydrogen) atoms. The van der Waals surface area contributed by atoms with Crippen molar-refractivity contribution in [2.75, 3.05) is 21.2 Å². The Hall–Kier alpha value is -2.35. The number of benzene rings is 1. The topological polar surface area (TPSA) is 79.3 Å². The molecular weight excluding hydrogens is 366 g/mol. The van der Waals surface area contributed by atoms with Gasteiger partial charge in [-0.25, -0.2) is 4.31 Å². The van der Waals surface area contributed by atoms with Crippen molar-refractivity contribution >= 4 is 21.8 Å². The molecule has 0 unspecified atom stereocenters. The van der Waals surface area contributed by atoms with Gasteiger partial charge in [0.1, 0.15) is 11.4 Å². The van der Waals surface area contributed by atoms with Crippen molar-refractivity contribution in [3.05, 3.63) is 41.6 Å². The lowest BCUT2D eigenvalue weighted by atomic mass is 9.94. The molecule has 2 aliphatic rings. The summed E-state index contributed by atoms with van der Waals surface area (Å²) in [5, 5.41) is 0. The predicted molar refractivity (Wildman–Crippen MR) is 104 cm³/mol. The van der Waals surface area contributed by atoms with Crippen LogP contribution in [-0.2, 0) is 15.0 Å². The second kappa shape index (κ2) is 7.72. The van der Waals surface area contributed by atoms with Crippen LogP contribution in [0.25, 0.3) is 0 Å². The standard InChI is InChI=1S/C19H25N3O4S/c1-21(15-9-5-4-6-10-15)19(23)18-13-17(20-27(24,25)22(18)2)14-8-7-11-16(12-14)26-3/h7-8,11-13,15H,4-6,9-10H2,1-3H3. The van der Waals surface area contributed by atoms with Crippen molar-refractivity contribution in [3.63, 3.8) is 0 Å². The Morgan fingerprint density at radius 3 is 2.63 bits per heavy atom. The lowest BCUT2D eigenvalue weighted by Crippen LogP contribution is -2.44. The van der Waals surface area contributed by atoms with Crippen molar-refractivity contribution in [3.8, 4) is 5.75 Å². The van der Waals surface area contributed by atoms with Crippen molar-refractivity contribution in [2.24, 2.45) is 4.40 Å². The lowest BCUT2D eigenvalue weighted by molar-refractivity contribution is -0.129. The third kappa shape index (κ3) is 4.00. The van der Waals surface area contributed by atoms with E-state index in [1.165, 1.54) is 26.7 Å². The highest BCUT2D eigenvalue weighted by Crippen LogP contribution is 2.26. The monoisotopic (exact) mass is 391 g/mol. The molecule has 0 aromatic heterocycles. The number of carbonyl (C=O) groups excluding carboxylic acids is 1. The Bertz CT molecular complexity index is 886. The third-order valence-corrected chi connectivity index (χ3v) is 6.52. The van der Waals surface area contributed by atoms with E-state index < -0.39 is 10.2 Å². The zero-order valence-electron chi connectivity index (χ0n) is 15.9. The Morgan fingerprint density at radius 1 is 1.26 bits per heavy atom. The maximum atomic E-state index is 13.1. The molecule has 1 heterocycles. The summed E-state index contributed by atoms with van der Waals surface area (Å²) >= 11 is 0. The average molecular weight is 391 g/mol. The number of carbonyl (C=O) groups is 1. The van der Waals surface area contributed by atoms with Gasteiger partial charge in [0, 0.05) is 25.7 Å². The van der Waals surface area contributed by atoms with E-state index in [9.17, 15) is 13.2 Å². The van der Waals surface area contributed by atoms with Crippen LogP contribution in [0.15, 0.2) is 40.4 Å². The molecule has 1 aliphatic heterocycles. The molecule has 0 radical (unpaired) electrons. The second-order valence-corrected chi connectivity index (χ2v) is 8.52. The van der Waals surface area contributed by atoms with Crippen LogP contribution < -0.4 is 4.74 Å². The summed E-state index contributed by atoms with van der Waals surface area (Å²) in [7, 11) is 0.673. The number of amides is 1. The van der Waals surface area contributed by atoms with Gasteiger partial charge in [0.05, 0.1) is 12.8 Å². The van der Waals surface area contributed by atoms with Gasteiger partial charge in [-0.15, -0.1) is 4.40 Å². The summed E-state index contributed by atoms with van der Waals surface area (Å²) in [6, 6.07) is 7.10. The minimum absolute atomic E-state index is 0.107. The lowest BCUT2D eigenvalue weighted by Gasteiger charge is -2.34. The van der Waals surface area contributed by atoms with Crippen LogP contribution in [0, 0.1) is 0 Å². The molecule has 8 heteroatoms. The first kappa shape index (κ1) is 19.4. The molecule has 3 rings (SSSR count). The van der Waals surface area contributed by atoms with E-state index in [2.05, 4.69) is 4.40 Å². The van der Waals surface area contributed by atoms with Gasteiger partial charge in [-0.1, -0.05) is 31.4 Å². The summed E-state index contributed by atoms with van der Waals surface area (Å²) in [6.07, 6.45) is 6.79. The Labute approximate surface area is 160 Å². The minimum atomic E-state index is -3.97. The van der Waals surface area contributed by atoms with E-state index in [4.69, 9.17) is 4.74 Å². The second-order valence-electron chi connectivity index (χ2n) is 6.89. The highest BCUT2D eigenvalue weighted by molar-refractivity contribution is 7.88. The van der Waals surface area contributed by atoms with E-state index in [0.29, 0.717) is 11.3 Å². The Kier molecular flexibility index (Phi) is 5.55. The van der Waals surface area contributed by atoms with Crippen LogP contribution in [0.1, 0.15) is 37.7 Å². The molecule has 0 N–H and O–H groups in total. The molecule has 146 valence electrons. The van der Waals surface area contributed by atoms with Crippen molar-refractivity contribution in [2.45, 2.75) is 38.1 Å². The average Bonchev–Trinajstić information content (AvgIpc) is 2.69. The molecule has 0 bridgehead atoms. The molecule has 1 aromatic rings. The molecule has 1 aliphatic carbocycles. The molecule has 1 amide bonds. The Morgan fingerprint density at radius 2 is 1.96 bits per heavy atom. The van der Waals surface area contributed by atoms with Crippen molar-refractivity contribution < 1.29 is 17.9 Å². The molecule has 0 saturated heterocycles. The molecule has 0 spiro atoms. The molecular formula is C19H25N3O4S. The number of rotatable bonds is 4. The van der Waals surface area contributed by atoms with E-state index in [-0.39, 0.29) is 23.4 Å². The van der Waals surface area contributed by atoms with Gasteiger partial charge in [0.25, 0.3) is 5.91 Å². The number of hydrogen-bond donors (Lipinski definition) is 0. The van der Waals surface area contributed by atoms with Gasteiger partial charge in [0.2, 0.25) is 0 Å². The predicted octanol–water partition coefficient (Wildman–Crippen LogP) is 2.35. The normalized spacial score (nSPS) is 19.9. The molecule has 1 aromatic carbocycles. The van der Waals surface area contributed by atoms with Crippen LogP contribution in [0.5, 0.6) is 5.75 Å². The van der Waals surface area contributed by atoms with E-state index in [0.717, 1.165) is 30.0 Å². The quantitative estimate of drug-likeness (QED) is 0.789. The first-order valence-corrected chi connectivity index (χ1v) is 10.5. The van der Waals surface area contributed by atoms with Crippen LogP contribution in [0.2, 0.25) is 0 Å². The summed E-state index contributed by atoms with van der Waals surface area (Å²) in [5.74, 6) is 0.287. The van der Waals surface area contributed by atoms with Gasteiger partial charge >= 0.3 is 10.2 Å². The third-order valence-electron chi connectivity index (χ3n) is 5.20. The van der Waals surface area contributed by atoms with E-state index in [1.807, 2.05) is 0 Å². The van der Waals surface area contributed by atoms with Crippen LogP contribution in [0.4, 0.5) is 0 Å². The SMILES string of the molecule is COc1cccc(C2=NS(=O)(=O)N(C)C(C(=O)N(C)C3CCCCC3)=C2)c1. The fourth-order valence-corrected chi connectivity index (χ4v) is 4.39. The molecule has 1 saturated carbocycles. The maximum Gasteiger partial charge on any atom is 0.345 e. The number of hydrogen-bond acceptors (Lipinski definition) is 4. The number of nitrogens with zero attached hydrogens (tertiary/aromatic N) is 3. The molecule has 0 atom stereocenters. The van der Waals surface area contributed by atoms with Gasteiger partial charge in [-0.3, -0.25) is 4.79 Å². The highest BCUT2D eigenvalue weighted by atomic mass is 32.2. The van der Waals surface area contributed by atoms with E-state index in [1.54, 1.807) is 36.2 Å². The highest BCUT2D eigenvalue weighted by Gasteiger charge is 2.33. The van der Waals surface area contributed by atoms with Gasteiger partial charge < -0.3 is 9.64 Å². The summed E-state index contributed by atoms with van der Waals surface area (Å²) in [5.41, 5.74) is 0.917. The number of ether oxygens (including phenoxy) is 1. The van der Waals surface area contributed by atoms with Gasteiger partial charge in [0.15, 0.2) is 0 Å². The van der Waals surface area contributed by atoms with Gasteiger partial charge in [-0.2, -0.15) is 8.42 Å². The summed E-state index contributed by atoms with van der Waals surface area (Å²) < 4.78 is 35.1. The Balaban J connectivity index is 1.96. The zero-order valence-corrected chi connectivity index (χ0v) is 16.7. The van der Waals surface area contributed by atoms with E-state index >= 15 is 0 Å². The van der Waals surface area contributed by atoms with Crippen molar-refractivity contribution in [1.82, 2.24) is 9.21 Å². The first-order valence-electron chi connectivity index (χ1n) is 9.05. The van der Waals surface area contributed by atoms with Crippen LogP contribution in [0.3, 0.4) is 0 Å². The smallest absolute Gasteiger partial charge is 0.345 e. The van der Waals surface area contributed by atoms with Crippen LogP contribution in [-0.4, -0.2) is 56.5 Å². The summed E-state index contributed by atoms with van der Waals surface area (Å²) in [4.78, 5) is 14.7. The fourth-order valence-electron chi connectivity index (χ4n) is 3.49. The molecule has 7 nitrogen and oxygen atoms in total. The zero-order chi connectivity index (χ0) is 19.6. The first-order chi connectivity index (χ1) is 12.8. The van der Waals surface area contributed by atoms with Crippen LogP contribution >= 0.6 is 0 Å². The number of methoxy groups -OCH3 is 1. The number of likely N-dealkylation sites (N-methyl/N-ethyl adjacent to an activating group) is 2.